The minimum atomic E-state index is -2.22. The van der Waals surface area contributed by atoms with Crippen LogP contribution in [0.2, 0.25) is 18.1 Å². The van der Waals surface area contributed by atoms with Gasteiger partial charge in [-0.25, -0.2) is 4.98 Å². The third-order valence-electron chi connectivity index (χ3n) is 5.19. The fraction of sp³-hybridized carbons (Fsp3) is 0.600. The van der Waals surface area contributed by atoms with E-state index in [1.54, 1.807) is 18.8 Å². The van der Waals surface area contributed by atoms with Crippen molar-refractivity contribution in [3.05, 3.63) is 28.6 Å². The first-order valence-electron chi connectivity index (χ1n) is 9.38. The molecule has 0 bridgehead atoms. The van der Waals surface area contributed by atoms with E-state index in [2.05, 4.69) is 38.8 Å². The minimum absolute atomic E-state index is 0.0459. The Hall–Kier alpha value is -1.90. The van der Waals surface area contributed by atoms with Gasteiger partial charge in [0.2, 0.25) is 0 Å². The zero-order chi connectivity index (χ0) is 21.1. The van der Waals surface area contributed by atoms with Gasteiger partial charge in [0, 0.05) is 13.2 Å². The van der Waals surface area contributed by atoms with Gasteiger partial charge >= 0.3 is 5.56 Å². The SMILES string of the molecule is COCOC(C)Cn1c(=O)c(O[Si](C)(C)C(C)(C)C)nc2ccc(OC)cc21. The lowest BCUT2D eigenvalue weighted by Crippen LogP contribution is -2.46. The second-order valence-corrected chi connectivity index (χ2v) is 13.2. The van der Waals surface area contributed by atoms with Crippen LogP contribution < -0.4 is 14.7 Å². The molecule has 2 aromatic rings. The highest BCUT2D eigenvalue weighted by molar-refractivity contribution is 6.74. The molecule has 0 aliphatic carbocycles. The van der Waals surface area contributed by atoms with Gasteiger partial charge in [-0.3, -0.25) is 9.36 Å². The van der Waals surface area contributed by atoms with Crippen molar-refractivity contribution >= 4 is 19.4 Å². The molecule has 0 fully saturated rings. The summed E-state index contributed by atoms with van der Waals surface area (Å²) in [7, 11) is 0.942. The van der Waals surface area contributed by atoms with Crippen LogP contribution in [0.1, 0.15) is 27.7 Å². The van der Waals surface area contributed by atoms with Crippen molar-refractivity contribution in [2.24, 2.45) is 0 Å². The molecule has 0 saturated carbocycles. The first-order valence-corrected chi connectivity index (χ1v) is 12.3. The molecule has 1 heterocycles. The Morgan fingerprint density at radius 3 is 2.46 bits per heavy atom. The Morgan fingerprint density at radius 1 is 1.21 bits per heavy atom. The number of methoxy groups -OCH3 is 2. The van der Waals surface area contributed by atoms with Gasteiger partial charge in [0.15, 0.2) is 0 Å². The normalized spacial score (nSPS) is 13.6. The van der Waals surface area contributed by atoms with Crippen LogP contribution in [0.3, 0.4) is 0 Å². The van der Waals surface area contributed by atoms with Crippen LogP contribution in [0.5, 0.6) is 11.6 Å². The van der Waals surface area contributed by atoms with Crippen LogP contribution >= 0.6 is 0 Å². The largest absolute Gasteiger partial charge is 0.527 e. The number of ether oxygens (including phenoxy) is 3. The van der Waals surface area contributed by atoms with Crippen molar-refractivity contribution in [2.75, 3.05) is 21.0 Å². The predicted molar refractivity (Wildman–Crippen MR) is 113 cm³/mol. The smallest absolute Gasteiger partial charge is 0.312 e. The highest BCUT2D eigenvalue weighted by atomic mass is 28.4. The molecule has 0 saturated heterocycles. The molecule has 0 radical (unpaired) electrons. The average Bonchev–Trinajstić information content (AvgIpc) is 2.61. The third kappa shape index (κ3) is 4.92. The van der Waals surface area contributed by atoms with Gasteiger partial charge in [-0.1, -0.05) is 20.8 Å². The molecule has 1 aromatic heterocycles. The van der Waals surface area contributed by atoms with Crippen molar-refractivity contribution in [2.45, 2.75) is 58.5 Å². The topological polar surface area (TPSA) is 71.8 Å². The highest BCUT2D eigenvalue weighted by Crippen LogP contribution is 2.36. The molecule has 156 valence electrons. The van der Waals surface area contributed by atoms with E-state index in [0.717, 1.165) is 0 Å². The van der Waals surface area contributed by atoms with Gasteiger partial charge in [-0.15, -0.1) is 0 Å². The Kier molecular flexibility index (Phi) is 6.90. The average molecular weight is 409 g/mol. The van der Waals surface area contributed by atoms with E-state index in [1.165, 1.54) is 0 Å². The van der Waals surface area contributed by atoms with Gasteiger partial charge < -0.3 is 18.6 Å². The Morgan fingerprint density at radius 2 is 1.89 bits per heavy atom. The lowest BCUT2D eigenvalue weighted by Gasteiger charge is -2.35. The van der Waals surface area contributed by atoms with Gasteiger partial charge in [0.25, 0.3) is 14.2 Å². The monoisotopic (exact) mass is 408 g/mol. The molecule has 1 aromatic carbocycles. The van der Waals surface area contributed by atoms with Gasteiger partial charge in [0.1, 0.15) is 12.5 Å². The van der Waals surface area contributed by atoms with Crippen molar-refractivity contribution in [3.8, 4) is 11.6 Å². The summed E-state index contributed by atoms with van der Waals surface area (Å²) in [6.45, 7) is 13.0. The minimum Gasteiger partial charge on any atom is -0.527 e. The maximum atomic E-state index is 13.3. The summed E-state index contributed by atoms with van der Waals surface area (Å²) in [5.41, 5.74) is 1.09. The molecule has 8 heteroatoms. The molecule has 1 unspecified atom stereocenters. The molecule has 7 nitrogen and oxygen atoms in total. The maximum absolute atomic E-state index is 13.3. The van der Waals surface area contributed by atoms with Crippen LogP contribution in [-0.4, -0.2) is 45.0 Å². The van der Waals surface area contributed by atoms with Gasteiger partial charge in [-0.2, -0.15) is 0 Å². The number of benzene rings is 1. The van der Waals surface area contributed by atoms with Gasteiger partial charge in [0.05, 0.1) is 30.8 Å². The summed E-state index contributed by atoms with van der Waals surface area (Å²) in [5.74, 6) is 0.800. The fourth-order valence-corrected chi connectivity index (χ4v) is 3.38. The lowest BCUT2D eigenvalue weighted by atomic mass is 10.2. The van der Waals surface area contributed by atoms with E-state index in [0.29, 0.717) is 23.3 Å². The van der Waals surface area contributed by atoms with Crippen LogP contribution in [0.4, 0.5) is 0 Å². The van der Waals surface area contributed by atoms with E-state index < -0.39 is 8.32 Å². The Labute approximate surface area is 167 Å². The standard InChI is InChI=1S/C20H32N2O5Si/c1-14(26-13-24-5)12-22-17-11-15(25-6)9-10-16(17)21-18(19(22)23)27-28(7,8)20(2,3)4/h9-11,14H,12-13H2,1-8H3. The van der Waals surface area contributed by atoms with Crippen LogP contribution in [0.15, 0.2) is 23.0 Å². The zero-order valence-electron chi connectivity index (χ0n) is 18.2. The molecule has 1 atom stereocenters. The zero-order valence-corrected chi connectivity index (χ0v) is 19.2. The van der Waals surface area contributed by atoms with Crippen molar-refractivity contribution < 1.29 is 18.6 Å². The van der Waals surface area contributed by atoms with E-state index in [-0.39, 0.29) is 29.4 Å². The second-order valence-electron chi connectivity index (χ2n) is 8.43. The molecule has 28 heavy (non-hydrogen) atoms. The second kappa shape index (κ2) is 8.63. The molecule has 2 rings (SSSR count). The number of hydrogen-bond acceptors (Lipinski definition) is 6. The third-order valence-corrected chi connectivity index (χ3v) is 9.51. The van der Waals surface area contributed by atoms with E-state index >= 15 is 0 Å². The Bertz CT molecular complexity index is 873. The number of fused-ring (bicyclic) bond motifs is 1. The quantitative estimate of drug-likeness (QED) is 0.489. The van der Waals surface area contributed by atoms with E-state index in [4.69, 9.17) is 18.6 Å². The summed E-state index contributed by atoms with van der Waals surface area (Å²) >= 11 is 0. The van der Waals surface area contributed by atoms with E-state index in [9.17, 15) is 4.79 Å². The van der Waals surface area contributed by atoms with Crippen LogP contribution in [0, 0.1) is 0 Å². The summed E-state index contributed by atoms with van der Waals surface area (Å²) in [4.78, 5) is 17.8. The van der Waals surface area contributed by atoms with Gasteiger partial charge in [-0.05, 0) is 37.2 Å². The van der Waals surface area contributed by atoms with Crippen molar-refractivity contribution in [1.29, 1.82) is 0 Å². The first kappa shape index (κ1) is 22.4. The van der Waals surface area contributed by atoms with Crippen molar-refractivity contribution in [3.63, 3.8) is 0 Å². The summed E-state index contributed by atoms with van der Waals surface area (Å²) < 4.78 is 23.8. The summed E-state index contributed by atoms with van der Waals surface area (Å²) in [5, 5.41) is -0.0459. The first-order chi connectivity index (χ1) is 13.0. The van der Waals surface area contributed by atoms with E-state index in [1.807, 2.05) is 25.1 Å². The number of hydrogen-bond donors (Lipinski definition) is 0. The number of rotatable bonds is 8. The summed E-state index contributed by atoms with van der Waals surface area (Å²) in [6.07, 6.45) is -0.227. The predicted octanol–water partition coefficient (Wildman–Crippen LogP) is 3.80. The summed E-state index contributed by atoms with van der Waals surface area (Å²) in [6, 6.07) is 5.47. The fourth-order valence-electron chi connectivity index (χ4n) is 2.46. The van der Waals surface area contributed by atoms with Crippen LogP contribution in [0.25, 0.3) is 11.0 Å². The molecule has 0 aliphatic rings. The molecule has 0 aliphatic heterocycles. The molecule has 0 spiro atoms. The lowest BCUT2D eigenvalue weighted by molar-refractivity contribution is -0.0697. The highest BCUT2D eigenvalue weighted by Gasteiger charge is 2.40. The van der Waals surface area contributed by atoms with Crippen LogP contribution in [-0.2, 0) is 16.0 Å². The number of nitrogens with zero attached hydrogens (tertiary/aromatic N) is 2. The maximum Gasteiger partial charge on any atom is 0.312 e. The molecular formula is C20H32N2O5Si. The molecular weight excluding hydrogens is 376 g/mol. The Balaban J connectivity index is 2.58. The number of aromatic nitrogens is 2. The molecule has 0 amide bonds. The van der Waals surface area contributed by atoms with Crippen molar-refractivity contribution in [1.82, 2.24) is 9.55 Å². The molecule has 0 N–H and O–H groups in total.